The van der Waals surface area contributed by atoms with Crippen LogP contribution in [0.25, 0.3) is 11.0 Å². The van der Waals surface area contributed by atoms with E-state index < -0.39 is 5.63 Å². The van der Waals surface area contributed by atoms with Gasteiger partial charge in [-0.15, -0.1) is 6.58 Å². The average Bonchev–Trinajstić information content (AvgIpc) is 2.45. The molecule has 20 heavy (non-hydrogen) atoms. The lowest BCUT2D eigenvalue weighted by atomic mass is 10.1. The highest BCUT2D eigenvalue weighted by Gasteiger charge is 2.15. The van der Waals surface area contributed by atoms with E-state index in [1.807, 2.05) is 6.07 Å². The molecule has 4 nitrogen and oxygen atoms in total. The standard InChI is InChI=1S/C15H13BrO4/c1-3-4-9-5-10-7-11(12(17)8-16)15(18)20-14(10)13(6-9)19-2/h3,5-7H,1,4,8H2,2H3. The summed E-state index contributed by atoms with van der Waals surface area (Å²) < 4.78 is 10.5. The van der Waals surface area contributed by atoms with E-state index in [1.165, 1.54) is 7.11 Å². The molecule has 1 aromatic heterocycles. The van der Waals surface area contributed by atoms with Crippen LogP contribution in [0.15, 0.2) is 40.1 Å². The molecule has 0 saturated heterocycles. The predicted octanol–water partition coefficient (Wildman–Crippen LogP) is 3.11. The van der Waals surface area contributed by atoms with Gasteiger partial charge < -0.3 is 9.15 Å². The fraction of sp³-hybridized carbons (Fsp3) is 0.200. The van der Waals surface area contributed by atoms with Gasteiger partial charge in [-0.3, -0.25) is 4.79 Å². The van der Waals surface area contributed by atoms with Crippen molar-refractivity contribution < 1.29 is 13.9 Å². The van der Waals surface area contributed by atoms with Gasteiger partial charge in [-0.05, 0) is 30.2 Å². The first-order chi connectivity index (χ1) is 9.60. The van der Waals surface area contributed by atoms with Crippen LogP contribution in [0, 0.1) is 0 Å². The summed E-state index contributed by atoms with van der Waals surface area (Å²) >= 11 is 3.05. The molecule has 0 aliphatic heterocycles. The molecule has 0 atom stereocenters. The van der Waals surface area contributed by atoms with Crippen molar-refractivity contribution >= 4 is 32.7 Å². The second-order valence-electron chi connectivity index (χ2n) is 4.21. The fourth-order valence-corrected chi connectivity index (χ4v) is 2.27. The minimum Gasteiger partial charge on any atom is -0.493 e. The Balaban J connectivity index is 2.74. The number of hydrogen-bond donors (Lipinski definition) is 0. The number of methoxy groups -OCH3 is 1. The number of allylic oxidation sites excluding steroid dienone is 1. The molecule has 0 aliphatic rings. The molecule has 0 bridgehead atoms. The minimum absolute atomic E-state index is 0.0344. The second kappa shape index (κ2) is 6.05. The van der Waals surface area contributed by atoms with Gasteiger partial charge in [-0.1, -0.05) is 22.0 Å². The smallest absolute Gasteiger partial charge is 0.347 e. The molecular weight excluding hydrogens is 324 g/mol. The predicted molar refractivity (Wildman–Crippen MR) is 81.1 cm³/mol. The summed E-state index contributed by atoms with van der Waals surface area (Å²) in [6.07, 6.45) is 2.43. The Morgan fingerprint density at radius 2 is 2.20 bits per heavy atom. The van der Waals surface area contributed by atoms with E-state index in [0.29, 0.717) is 23.1 Å². The summed E-state index contributed by atoms with van der Waals surface area (Å²) in [6.45, 7) is 3.69. The summed E-state index contributed by atoms with van der Waals surface area (Å²) in [5.41, 5.74) is 0.691. The van der Waals surface area contributed by atoms with E-state index in [2.05, 4.69) is 22.5 Å². The molecule has 5 heteroatoms. The first kappa shape index (κ1) is 14.5. The van der Waals surface area contributed by atoms with Crippen molar-refractivity contribution in [3.8, 4) is 5.75 Å². The summed E-state index contributed by atoms with van der Waals surface area (Å²) in [5.74, 6) is 0.156. The molecule has 104 valence electrons. The normalized spacial score (nSPS) is 10.5. The summed E-state index contributed by atoms with van der Waals surface area (Å²) in [5, 5.41) is 0.734. The van der Waals surface area contributed by atoms with Crippen LogP contribution in [0.4, 0.5) is 0 Å². The Labute approximate surface area is 124 Å². The van der Waals surface area contributed by atoms with Crippen LogP contribution in [-0.4, -0.2) is 18.2 Å². The van der Waals surface area contributed by atoms with Gasteiger partial charge in [0.25, 0.3) is 0 Å². The van der Waals surface area contributed by atoms with Crippen LogP contribution >= 0.6 is 15.9 Å². The Kier molecular flexibility index (Phi) is 4.39. The van der Waals surface area contributed by atoms with Crippen molar-refractivity contribution in [1.29, 1.82) is 0 Å². The number of ketones is 1. The van der Waals surface area contributed by atoms with E-state index in [-0.39, 0.29) is 16.7 Å². The fourth-order valence-electron chi connectivity index (χ4n) is 1.96. The Morgan fingerprint density at radius 3 is 2.80 bits per heavy atom. The third kappa shape index (κ3) is 2.67. The lowest BCUT2D eigenvalue weighted by Gasteiger charge is -2.08. The van der Waals surface area contributed by atoms with Crippen LogP contribution in [-0.2, 0) is 6.42 Å². The number of hydrogen-bond acceptors (Lipinski definition) is 4. The Hall–Kier alpha value is -1.88. The molecule has 0 radical (unpaired) electrons. The summed E-state index contributed by atoms with van der Waals surface area (Å²) in [4.78, 5) is 23.5. The molecule has 0 saturated carbocycles. The van der Waals surface area contributed by atoms with Crippen molar-refractivity contribution in [2.75, 3.05) is 12.4 Å². The van der Waals surface area contributed by atoms with Gasteiger partial charge in [0.2, 0.25) is 0 Å². The number of halogens is 1. The zero-order chi connectivity index (χ0) is 14.7. The Morgan fingerprint density at radius 1 is 1.45 bits per heavy atom. The van der Waals surface area contributed by atoms with Gasteiger partial charge in [-0.2, -0.15) is 0 Å². The van der Waals surface area contributed by atoms with Crippen molar-refractivity contribution in [3.63, 3.8) is 0 Å². The molecule has 2 aromatic rings. The minimum atomic E-state index is -0.656. The van der Waals surface area contributed by atoms with E-state index in [0.717, 1.165) is 5.56 Å². The lowest BCUT2D eigenvalue weighted by Crippen LogP contribution is -2.14. The molecule has 2 rings (SSSR count). The third-order valence-corrected chi connectivity index (χ3v) is 3.39. The van der Waals surface area contributed by atoms with E-state index in [1.54, 1.807) is 18.2 Å². The summed E-state index contributed by atoms with van der Waals surface area (Å²) in [6, 6.07) is 5.19. The van der Waals surface area contributed by atoms with E-state index in [9.17, 15) is 9.59 Å². The molecule has 0 unspecified atom stereocenters. The number of Topliss-reactive ketones (excluding diaryl/α,β-unsaturated/α-hetero) is 1. The molecular formula is C15H13BrO4. The SMILES string of the molecule is C=CCc1cc(OC)c2oc(=O)c(C(=O)CBr)cc2c1. The highest BCUT2D eigenvalue weighted by Crippen LogP contribution is 2.27. The number of rotatable bonds is 5. The molecule has 1 heterocycles. The quantitative estimate of drug-likeness (QED) is 0.364. The maximum absolute atomic E-state index is 11.8. The van der Waals surface area contributed by atoms with Gasteiger partial charge in [0.05, 0.1) is 12.4 Å². The molecule has 0 aliphatic carbocycles. The maximum Gasteiger partial charge on any atom is 0.347 e. The first-order valence-electron chi connectivity index (χ1n) is 5.95. The van der Waals surface area contributed by atoms with Crippen molar-refractivity contribution in [2.24, 2.45) is 0 Å². The van der Waals surface area contributed by atoms with Crippen molar-refractivity contribution in [3.05, 3.63) is 52.4 Å². The van der Waals surface area contributed by atoms with Crippen molar-refractivity contribution in [2.45, 2.75) is 6.42 Å². The van der Waals surface area contributed by atoms with Crippen LogP contribution in [0.1, 0.15) is 15.9 Å². The number of carbonyl (C=O) groups excluding carboxylic acids is 1. The zero-order valence-corrected chi connectivity index (χ0v) is 12.5. The molecule has 0 N–H and O–H groups in total. The second-order valence-corrected chi connectivity index (χ2v) is 4.77. The van der Waals surface area contributed by atoms with Crippen LogP contribution in [0.3, 0.4) is 0 Å². The molecule has 0 spiro atoms. The average molecular weight is 337 g/mol. The number of alkyl halides is 1. The van der Waals surface area contributed by atoms with Gasteiger partial charge in [0.15, 0.2) is 17.1 Å². The van der Waals surface area contributed by atoms with Crippen LogP contribution in [0.2, 0.25) is 0 Å². The first-order valence-corrected chi connectivity index (χ1v) is 7.07. The van der Waals surface area contributed by atoms with Gasteiger partial charge in [-0.25, -0.2) is 4.79 Å². The highest BCUT2D eigenvalue weighted by molar-refractivity contribution is 9.09. The topological polar surface area (TPSA) is 56.5 Å². The number of benzene rings is 1. The van der Waals surface area contributed by atoms with Gasteiger partial charge >= 0.3 is 5.63 Å². The number of ether oxygens (including phenoxy) is 1. The van der Waals surface area contributed by atoms with E-state index in [4.69, 9.17) is 9.15 Å². The van der Waals surface area contributed by atoms with Crippen LogP contribution in [0.5, 0.6) is 5.75 Å². The highest BCUT2D eigenvalue weighted by atomic mass is 79.9. The monoisotopic (exact) mass is 336 g/mol. The molecule has 0 amide bonds. The van der Waals surface area contributed by atoms with Gasteiger partial charge in [0, 0.05) is 5.39 Å². The van der Waals surface area contributed by atoms with Crippen LogP contribution < -0.4 is 10.4 Å². The van der Waals surface area contributed by atoms with E-state index >= 15 is 0 Å². The largest absolute Gasteiger partial charge is 0.493 e. The summed E-state index contributed by atoms with van der Waals surface area (Å²) in [7, 11) is 1.50. The third-order valence-electron chi connectivity index (χ3n) is 2.88. The molecule has 1 aromatic carbocycles. The van der Waals surface area contributed by atoms with Crippen molar-refractivity contribution in [1.82, 2.24) is 0 Å². The number of carbonyl (C=O) groups is 1. The number of fused-ring (bicyclic) bond motifs is 1. The Bertz CT molecular complexity index is 730. The van der Waals surface area contributed by atoms with Gasteiger partial charge in [0.1, 0.15) is 5.56 Å². The zero-order valence-electron chi connectivity index (χ0n) is 10.9. The lowest BCUT2D eigenvalue weighted by molar-refractivity contribution is 0.102. The molecule has 0 fully saturated rings. The maximum atomic E-state index is 11.8.